The Morgan fingerprint density at radius 3 is 2.50 bits per heavy atom. The van der Waals surface area contributed by atoms with E-state index in [0.29, 0.717) is 25.2 Å². The number of carbonyl (C=O) groups excluding carboxylic acids is 1. The molecule has 2 N–H and O–H groups in total. The van der Waals surface area contributed by atoms with Crippen molar-refractivity contribution in [1.82, 2.24) is 9.80 Å². The number of nitrogens with two attached hydrogens (primary N) is 1. The molecule has 0 bridgehead atoms. The lowest BCUT2D eigenvalue weighted by Gasteiger charge is -2.44. The van der Waals surface area contributed by atoms with E-state index in [4.69, 9.17) is 5.73 Å². The molecule has 4 nitrogen and oxygen atoms in total. The molecular formula is C15H22FN3O. The van der Waals surface area contributed by atoms with Crippen LogP contribution in [0, 0.1) is 5.82 Å². The van der Waals surface area contributed by atoms with E-state index in [-0.39, 0.29) is 29.5 Å². The summed E-state index contributed by atoms with van der Waals surface area (Å²) in [5.41, 5.74) is 6.41. The minimum absolute atomic E-state index is 0.0958. The number of anilines is 1. The molecule has 0 saturated carbocycles. The Morgan fingerprint density at radius 2 is 1.95 bits per heavy atom. The van der Waals surface area contributed by atoms with Gasteiger partial charge in [-0.2, -0.15) is 0 Å². The molecule has 1 aromatic rings. The Hall–Kier alpha value is -1.62. The van der Waals surface area contributed by atoms with Crippen LogP contribution in [-0.2, 0) is 11.3 Å². The predicted octanol–water partition coefficient (Wildman–Crippen LogP) is 1.85. The molecule has 2 rings (SSSR count). The number of benzene rings is 1. The molecule has 1 saturated heterocycles. The van der Waals surface area contributed by atoms with Gasteiger partial charge in [-0.3, -0.25) is 9.69 Å². The summed E-state index contributed by atoms with van der Waals surface area (Å²) in [4.78, 5) is 15.6. The van der Waals surface area contributed by atoms with E-state index >= 15 is 0 Å². The Bertz CT molecular complexity index is 494. The lowest BCUT2D eigenvalue weighted by molar-refractivity contribution is -0.133. The van der Waals surface area contributed by atoms with E-state index < -0.39 is 0 Å². The average molecular weight is 279 g/mol. The molecule has 1 aliphatic heterocycles. The molecule has 110 valence electrons. The van der Waals surface area contributed by atoms with Gasteiger partial charge < -0.3 is 10.6 Å². The number of nitrogen functional groups attached to an aromatic ring is 1. The second-order valence-corrected chi connectivity index (χ2v) is 5.61. The second kappa shape index (κ2) is 5.79. The van der Waals surface area contributed by atoms with E-state index in [2.05, 4.69) is 18.7 Å². The summed E-state index contributed by atoms with van der Waals surface area (Å²) in [5, 5.41) is 0. The molecule has 0 aromatic heterocycles. The van der Waals surface area contributed by atoms with Crippen molar-refractivity contribution >= 4 is 11.6 Å². The molecule has 1 fully saturated rings. The molecule has 0 spiro atoms. The number of carbonyl (C=O) groups is 1. The maximum Gasteiger partial charge on any atom is 0.219 e. The van der Waals surface area contributed by atoms with Crippen LogP contribution in [0.5, 0.6) is 0 Å². The van der Waals surface area contributed by atoms with Crippen molar-refractivity contribution < 1.29 is 9.18 Å². The molecule has 1 aliphatic rings. The third-order valence-corrected chi connectivity index (χ3v) is 4.01. The summed E-state index contributed by atoms with van der Waals surface area (Å²) < 4.78 is 14.0. The van der Waals surface area contributed by atoms with Gasteiger partial charge in [-0.25, -0.2) is 4.39 Å². The Balaban J connectivity index is 2.13. The van der Waals surface area contributed by atoms with Crippen LogP contribution >= 0.6 is 0 Å². The van der Waals surface area contributed by atoms with E-state index in [0.717, 1.165) is 0 Å². The zero-order valence-electron chi connectivity index (χ0n) is 12.3. The van der Waals surface area contributed by atoms with Crippen LogP contribution in [0.4, 0.5) is 10.1 Å². The lowest BCUT2D eigenvalue weighted by Crippen LogP contribution is -2.57. The minimum atomic E-state index is -0.333. The Kier molecular flexibility index (Phi) is 4.28. The van der Waals surface area contributed by atoms with Crippen molar-refractivity contribution in [2.24, 2.45) is 0 Å². The van der Waals surface area contributed by atoms with Crippen LogP contribution in [0.1, 0.15) is 26.3 Å². The first-order valence-corrected chi connectivity index (χ1v) is 6.94. The number of hydrogen-bond donors (Lipinski definition) is 1. The van der Waals surface area contributed by atoms with Gasteiger partial charge in [-0.05, 0) is 19.9 Å². The van der Waals surface area contributed by atoms with Gasteiger partial charge in [0.25, 0.3) is 0 Å². The van der Waals surface area contributed by atoms with Gasteiger partial charge in [-0.1, -0.05) is 12.1 Å². The van der Waals surface area contributed by atoms with Gasteiger partial charge in [0, 0.05) is 44.2 Å². The molecule has 2 atom stereocenters. The normalized spacial score (nSPS) is 23.9. The largest absolute Gasteiger partial charge is 0.396 e. The Labute approximate surface area is 119 Å². The van der Waals surface area contributed by atoms with Gasteiger partial charge in [0.1, 0.15) is 0 Å². The fourth-order valence-corrected chi connectivity index (χ4v) is 2.84. The van der Waals surface area contributed by atoms with Gasteiger partial charge in [0.15, 0.2) is 5.82 Å². The monoisotopic (exact) mass is 279 g/mol. The van der Waals surface area contributed by atoms with Crippen LogP contribution in [0.3, 0.4) is 0 Å². The summed E-state index contributed by atoms with van der Waals surface area (Å²) in [5.74, 6) is -0.237. The van der Waals surface area contributed by atoms with Crippen molar-refractivity contribution in [2.45, 2.75) is 39.4 Å². The number of piperazine rings is 1. The van der Waals surface area contributed by atoms with Crippen molar-refractivity contribution in [3.63, 3.8) is 0 Å². The summed E-state index contributed by atoms with van der Waals surface area (Å²) in [6.45, 7) is 7.61. The molecule has 20 heavy (non-hydrogen) atoms. The number of nitrogens with zero attached hydrogens (tertiary/aromatic N) is 2. The van der Waals surface area contributed by atoms with Crippen molar-refractivity contribution in [3.05, 3.63) is 29.6 Å². The maximum atomic E-state index is 14.0. The first-order chi connectivity index (χ1) is 9.40. The predicted molar refractivity (Wildman–Crippen MR) is 77.5 cm³/mol. The fourth-order valence-electron chi connectivity index (χ4n) is 2.84. The highest BCUT2D eigenvalue weighted by Gasteiger charge is 2.30. The molecular weight excluding hydrogens is 257 g/mol. The summed E-state index contributed by atoms with van der Waals surface area (Å²) >= 11 is 0. The van der Waals surface area contributed by atoms with E-state index in [1.807, 2.05) is 4.90 Å². The zero-order chi connectivity index (χ0) is 14.9. The second-order valence-electron chi connectivity index (χ2n) is 5.61. The molecule has 1 heterocycles. The molecule has 0 aliphatic carbocycles. The highest BCUT2D eigenvalue weighted by molar-refractivity contribution is 5.73. The SMILES string of the molecule is CC(=O)N1C[C@@H](C)N(Cc2cccc(N)c2F)[C@@H](C)C1. The average Bonchev–Trinajstić information content (AvgIpc) is 2.38. The van der Waals surface area contributed by atoms with Crippen LogP contribution < -0.4 is 5.73 Å². The van der Waals surface area contributed by atoms with Crippen LogP contribution in [-0.4, -0.2) is 40.9 Å². The summed E-state index contributed by atoms with van der Waals surface area (Å²) in [7, 11) is 0. The molecule has 5 heteroatoms. The smallest absolute Gasteiger partial charge is 0.219 e. The Morgan fingerprint density at radius 1 is 1.35 bits per heavy atom. The third-order valence-electron chi connectivity index (χ3n) is 4.01. The topological polar surface area (TPSA) is 49.6 Å². The lowest BCUT2D eigenvalue weighted by atomic mass is 10.1. The van der Waals surface area contributed by atoms with E-state index in [1.165, 1.54) is 0 Å². The van der Waals surface area contributed by atoms with Crippen LogP contribution in [0.2, 0.25) is 0 Å². The van der Waals surface area contributed by atoms with Crippen molar-refractivity contribution in [2.75, 3.05) is 18.8 Å². The zero-order valence-corrected chi connectivity index (χ0v) is 12.3. The van der Waals surface area contributed by atoms with Gasteiger partial charge in [-0.15, -0.1) is 0 Å². The molecule has 1 aromatic carbocycles. The van der Waals surface area contributed by atoms with Gasteiger partial charge >= 0.3 is 0 Å². The van der Waals surface area contributed by atoms with Gasteiger partial charge in [0.05, 0.1) is 5.69 Å². The number of hydrogen-bond acceptors (Lipinski definition) is 3. The number of halogens is 1. The van der Waals surface area contributed by atoms with E-state index in [9.17, 15) is 9.18 Å². The highest BCUT2D eigenvalue weighted by atomic mass is 19.1. The van der Waals surface area contributed by atoms with Crippen molar-refractivity contribution in [3.8, 4) is 0 Å². The maximum absolute atomic E-state index is 14.0. The molecule has 0 unspecified atom stereocenters. The fraction of sp³-hybridized carbons (Fsp3) is 0.533. The van der Waals surface area contributed by atoms with Crippen LogP contribution in [0.25, 0.3) is 0 Å². The first kappa shape index (κ1) is 14.8. The highest BCUT2D eigenvalue weighted by Crippen LogP contribution is 2.22. The summed E-state index contributed by atoms with van der Waals surface area (Å²) in [6.07, 6.45) is 0. The minimum Gasteiger partial charge on any atom is -0.396 e. The molecule has 0 radical (unpaired) electrons. The first-order valence-electron chi connectivity index (χ1n) is 6.94. The van der Waals surface area contributed by atoms with Crippen LogP contribution in [0.15, 0.2) is 18.2 Å². The number of amides is 1. The summed E-state index contributed by atoms with van der Waals surface area (Å²) in [6, 6.07) is 5.50. The standard InChI is InChI=1S/C15H22FN3O/c1-10-7-18(12(3)20)8-11(2)19(10)9-13-5-4-6-14(17)15(13)16/h4-6,10-11H,7-9,17H2,1-3H3/t10-,11+. The molecule has 1 amide bonds. The number of rotatable bonds is 2. The quantitative estimate of drug-likeness (QED) is 0.841. The van der Waals surface area contributed by atoms with E-state index in [1.54, 1.807) is 25.1 Å². The van der Waals surface area contributed by atoms with Crippen molar-refractivity contribution in [1.29, 1.82) is 0 Å². The van der Waals surface area contributed by atoms with Gasteiger partial charge in [0.2, 0.25) is 5.91 Å². The third kappa shape index (κ3) is 2.93.